The van der Waals surface area contributed by atoms with Gasteiger partial charge in [-0.15, -0.1) is 0 Å². The average molecular weight is 292 g/mol. The van der Waals surface area contributed by atoms with Gasteiger partial charge < -0.3 is 0 Å². The summed E-state index contributed by atoms with van der Waals surface area (Å²) in [5, 5.41) is 0. The van der Waals surface area contributed by atoms with Crippen LogP contribution in [0.4, 0.5) is 0 Å². The number of nitrogens with zero attached hydrogens (tertiary/aromatic N) is 4. The van der Waals surface area contributed by atoms with Crippen LogP contribution in [-0.2, 0) is 0 Å². The Hall–Kier alpha value is -2.49. The lowest BCUT2D eigenvalue weighted by atomic mass is 10.2. The number of aryl methyl sites for hydroxylation is 2. The van der Waals surface area contributed by atoms with Crippen LogP contribution in [0.5, 0.6) is 0 Å². The third-order valence-corrected chi connectivity index (χ3v) is 3.50. The zero-order valence-corrected chi connectivity index (χ0v) is 13.2. The molecule has 0 aromatic carbocycles. The predicted octanol–water partition coefficient (Wildman–Crippen LogP) is 4.22. The molecule has 0 saturated heterocycles. The lowest BCUT2D eigenvalue weighted by Crippen LogP contribution is -1.97. The predicted molar refractivity (Wildman–Crippen MR) is 89.6 cm³/mol. The van der Waals surface area contributed by atoms with Crippen molar-refractivity contribution >= 4 is 11.7 Å². The first-order valence-corrected chi connectivity index (χ1v) is 7.63. The number of pyridine rings is 1. The lowest BCUT2D eigenvalue weighted by molar-refractivity contribution is 0.961. The van der Waals surface area contributed by atoms with E-state index in [1.165, 1.54) is 5.56 Å². The van der Waals surface area contributed by atoms with Crippen LogP contribution in [0.15, 0.2) is 36.7 Å². The molecule has 4 heteroatoms. The molecule has 4 nitrogen and oxygen atoms in total. The summed E-state index contributed by atoms with van der Waals surface area (Å²) in [6, 6.07) is 6.07. The molecule has 0 saturated carbocycles. The SMILES string of the molecule is CCCC=Cc1cc(C)nc(-c2cnc3ccc(C)cn23)n1. The number of unbranched alkanes of at least 4 members (excludes halogenated alkanes) is 1. The van der Waals surface area contributed by atoms with Crippen LogP contribution >= 0.6 is 0 Å². The summed E-state index contributed by atoms with van der Waals surface area (Å²) >= 11 is 0. The second-order valence-corrected chi connectivity index (χ2v) is 5.53. The average Bonchev–Trinajstić information content (AvgIpc) is 2.90. The van der Waals surface area contributed by atoms with Crippen molar-refractivity contribution in [1.29, 1.82) is 0 Å². The third kappa shape index (κ3) is 2.91. The monoisotopic (exact) mass is 292 g/mol. The van der Waals surface area contributed by atoms with Crippen LogP contribution in [0.2, 0.25) is 0 Å². The van der Waals surface area contributed by atoms with Gasteiger partial charge in [-0.2, -0.15) is 0 Å². The van der Waals surface area contributed by atoms with Gasteiger partial charge in [-0.1, -0.05) is 25.5 Å². The van der Waals surface area contributed by atoms with E-state index >= 15 is 0 Å². The van der Waals surface area contributed by atoms with E-state index in [0.29, 0.717) is 5.82 Å². The molecule has 3 rings (SSSR count). The third-order valence-electron chi connectivity index (χ3n) is 3.50. The second-order valence-electron chi connectivity index (χ2n) is 5.53. The molecule has 0 aliphatic rings. The Bertz CT molecular complexity index is 830. The maximum absolute atomic E-state index is 4.67. The van der Waals surface area contributed by atoms with E-state index in [0.717, 1.165) is 35.6 Å². The van der Waals surface area contributed by atoms with Gasteiger partial charge in [-0.3, -0.25) is 4.40 Å². The van der Waals surface area contributed by atoms with Gasteiger partial charge in [-0.25, -0.2) is 15.0 Å². The number of hydrogen-bond acceptors (Lipinski definition) is 3. The number of aromatic nitrogens is 4. The Kier molecular flexibility index (Phi) is 4.00. The summed E-state index contributed by atoms with van der Waals surface area (Å²) in [6.45, 7) is 6.23. The zero-order chi connectivity index (χ0) is 15.5. The van der Waals surface area contributed by atoms with Crippen molar-refractivity contribution in [1.82, 2.24) is 19.4 Å². The van der Waals surface area contributed by atoms with E-state index < -0.39 is 0 Å². The Morgan fingerprint density at radius 2 is 2.05 bits per heavy atom. The van der Waals surface area contributed by atoms with Crippen LogP contribution in [0.3, 0.4) is 0 Å². The van der Waals surface area contributed by atoms with Crippen LogP contribution < -0.4 is 0 Å². The van der Waals surface area contributed by atoms with Gasteiger partial charge in [0.15, 0.2) is 5.82 Å². The highest BCUT2D eigenvalue weighted by atomic mass is 15.0. The second kappa shape index (κ2) is 6.10. The van der Waals surface area contributed by atoms with E-state index in [1.54, 1.807) is 0 Å². The molecule has 112 valence electrons. The van der Waals surface area contributed by atoms with Crippen LogP contribution in [0.1, 0.15) is 36.7 Å². The van der Waals surface area contributed by atoms with Gasteiger partial charge >= 0.3 is 0 Å². The summed E-state index contributed by atoms with van der Waals surface area (Å²) in [5.74, 6) is 0.717. The molecule has 0 aliphatic heterocycles. The molecular formula is C18H20N4. The number of hydrogen-bond donors (Lipinski definition) is 0. The fraction of sp³-hybridized carbons (Fsp3) is 0.278. The first-order chi connectivity index (χ1) is 10.7. The number of imidazole rings is 1. The van der Waals surface area contributed by atoms with Crippen LogP contribution in [-0.4, -0.2) is 19.4 Å². The minimum Gasteiger partial charge on any atom is -0.297 e. The van der Waals surface area contributed by atoms with Gasteiger partial charge in [0.25, 0.3) is 0 Å². The topological polar surface area (TPSA) is 43.1 Å². The molecule has 0 N–H and O–H groups in total. The Balaban J connectivity index is 2.08. The largest absolute Gasteiger partial charge is 0.297 e. The molecule has 0 amide bonds. The molecule has 0 unspecified atom stereocenters. The van der Waals surface area contributed by atoms with Crippen LogP contribution in [0.25, 0.3) is 23.2 Å². The molecule has 3 heterocycles. The quantitative estimate of drug-likeness (QED) is 0.723. The van der Waals surface area contributed by atoms with Crippen molar-refractivity contribution < 1.29 is 0 Å². The maximum atomic E-state index is 4.67. The van der Waals surface area contributed by atoms with E-state index in [2.05, 4.69) is 53.2 Å². The minimum atomic E-state index is 0.717. The summed E-state index contributed by atoms with van der Waals surface area (Å²) < 4.78 is 2.05. The standard InChI is InChI=1S/C18H20N4/c1-4-5-6-7-15-10-14(3)20-18(21-15)16-11-19-17-9-8-13(2)12-22(16)17/h6-12H,4-5H2,1-3H3. The zero-order valence-electron chi connectivity index (χ0n) is 13.2. The molecule has 0 atom stereocenters. The van der Waals surface area contributed by atoms with Gasteiger partial charge in [0, 0.05) is 11.9 Å². The molecule has 0 fully saturated rings. The van der Waals surface area contributed by atoms with Gasteiger partial charge in [0.05, 0.1) is 11.9 Å². The van der Waals surface area contributed by atoms with Crippen LogP contribution in [0, 0.1) is 13.8 Å². The van der Waals surface area contributed by atoms with E-state index in [4.69, 9.17) is 0 Å². The molecule has 0 bridgehead atoms. The number of fused-ring (bicyclic) bond motifs is 1. The fourth-order valence-electron chi connectivity index (χ4n) is 2.42. The van der Waals surface area contributed by atoms with E-state index in [-0.39, 0.29) is 0 Å². The molecule has 0 aliphatic carbocycles. The van der Waals surface area contributed by atoms with Gasteiger partial charge in [-0.05, 0) is 44.0 Å². The lowest BCUT2D eigenvalue weighted by Gasteiger charge is -2.04. The highest BCUT2D eigenvalue weighted by Gasteiger charge is 2.10. The first-order valence-electron chi connectivity index (χ1n) is 7.63. The van der Waals surface area contributed by atoms with Crippen molar-refractivity contribution in [3.8, 4) is 11.5 Å². The Labute approximate surface area is 130 Å². The molecule has 0 radical (unpaired) electrons. The molecule has 3 aromatic rings. The highest BCUT2D eigenvalue weighted by Crippen LogP contribution is 2.19. The van der Waals surface area contributed by atoms with Gasteiger partial charge in [0.1, 0.15) is 11.3 Å². The Morgan fingerprint density at radius 3 is 2.86 bits per heavy atom. The maximum Gasteiger partial charge on any atom is 0.178 e. The highest BCUT2D eigenvalue weighted by molar-refractivity contribution is 5.59. The normalized spacial score (nSPS) is 11.6. The summed E-state index contributed by atoms with van der Waals surface area (Å²) in [6.07, 6.45) is 10.3. The van der Waals surface area contributed by atoms with E-state index in [1.807, 2.05) is 29.7 Å². The summed E-state index contributed by atoms with van der Waals surface area (Å²) in [7, 11) is 0. The summed E-state index contributed by atoms with van der Waals surface area (Å²) in [4.78, 5) is 13.7. The van der Waals surface area contributed by atoms with E-state index in [9.17, 15) is 0 Å². The van der Waals surface area contributed by atoms with Crippen molar-refractivity contribution in [3.63, 3.8) is 0 Å². The van der Waals surface area contributed by atoms with Crippen molar-refractivity contribution in [2.45, 2.75) is 33.6 Å². The first kappa shape index (κ1) is 14.4. The van der Waals surface area contributed by atoms with Crippen molar-refractivity contribution in [3.05, 3.63) is 53.6 Å². The van der Waals surface area contributed by atoms with Crippen molar-refractivity contribution in [2.75, 3.05) is 0 Å². The smallest absolute Gasteiger partial charge is 0.178 e. The molecule has 3 aromatic heterocycles. The summed E-state index contributed by atoms with van der Waals surface area (Å²) in [5.41, 5.74) is 4.92. The number of allylic oxidation sites excluding steroid dienone is 1. The fourth-order valence-corrected chi connectivity index (χ4v) is 2.42. The minimum absolute atomic E-state index is 0.717. The number of rotatable bonds is 4. The molecule has 0 spiro atoms. The molecular weight excluding hydrogens is 272 g/mol. The Morgan fingerprint density at radius 1 is 1.18 bits per heavy atom. The molecule has 22 heavy (non-hydrogen) atoms. The van der Waals surface area contributed by atoms with Crippen molar-refractivity contribution in [2.24, 2.45) is 0 Å². The van der Waals surface area contributed by atoms with Gasteiger partial charge in [0.2, 0.25) is 0 Å².